The lowest BCUT2D eigenvalue weighted by Gasteiger charge is -1.85. The topological polar surface area (TPSA) is 37.3 Å². The fourth-order valence-electron chi connectivity index (χ4n) is 0.151. The highest BCUT2D eigenvalue weighted by molar-refractivity contribution is 5.66. The Kier molecular flexibility index (Phi) is 2.46. The molecule has 0 radical (unpaired) electrons. The summed E-state index contributed by atoms with van der Waals surface area (Å²) in [7, 11) is 0. The Morgan fingerprint density at radius 2 is 2.33 bits per heavy atom. The van der Waals surface area contributed by atoms with Crippen LogP contribution in [-0.4, -0.2) is 11.1 Å². The van der Waals surface area contributed by atoms with Crippen molar-refractivity contribution < 1.29 is 9.90 Å². The van der Waals surface area contributed by atoms with Crippen molar-refractivity contribution in [1.29, 1.82) is 0 Å². The van der Waals surface area contributed by atoms with Crippen LogP contribution < -0.4 is 0 Å². The zero-order valence-corrected chi connectivity index (χ0v) is 3.48. The Morgan fingerprint density at radius 1 is 1.83 bits per heavy atom. The molecule has 6 heavy (non-hydrogen) atoms. The van der Waals surface area contributed by atoms with E-state index >= 15 is 0 Å². The summed E-state index contributed by atoms with van der Waals surface area (Å²) in [5.41, 5.74) is 0. The number of aliphatic carboxylic acids is 1. The van der Waals surface area contributed by atoms with E-state index in [2.05, 4.69) is 6.92 Å². The van der Waals surface area contributed by atoms with Crippen LogP contribution in [0.25, 0.3) is 0 Å². The first-order chi connectivity index (χ1) is 2.77. The Morgan fingerprint density at radius 3 is 2.33 bits per heavy atom. The molecule has 2 heteroatoms. The zero-order valence-electron chi connectivity index (χ0n) is 3.48. The second kappa shape index (κ2) is 2.69. The highest BCUT2D eigenvalue weighted by Gasteiger charge is 1.83. The van der Waals surface area contributed by atoms with E-state index in [0.717, 1.165) is 0 Å². The fourth-order valence-corrected chi connectivity index (χ4v) is 0.151. The number of hydrogen-bond acceptors (Lipinski definition) is 1. The van der Waals surface area contributed by atoms with Crippen molar-refractivity contribution in [3.8, 4) is 0 Å². The van der Waals surface area contributed by atoms with Crippen molar-refractivity contribution in [2.75, 3.05) is 0 Å². The molecule has 0 aliphatic carbocycles. The Balaban J connectivity index is 2.83. The predicted octanol–water partition coefficient (Wildman–Crippen LogP) is 0.685. The maximum atomic E-state index is 9.56. The zero-order chi connectivity index (χ0) is 4.99. The molecule has 0 atom stereocenters. The molecule has 0 saturated heterocycles. The lowest BCUT2D eigenvalue weighted by Crippen LogP contribution is -1.90. The summed E-state index contributed by atoms with van der Waals surface area (Å²) in [6.07, 6.45) is 0.662. The molecule has 36 valence electrons. The van der Waals surface area contributed by atoms with Crippen LogP contribution in [0.2, 0.25) is 0 Å². The second-order valence-corrected chi connectivity index (χ2v) is 0.997. The van der Waals surface area contributed by atoms with Gasteiger partial charge in [0.1, 0.15) is 0 Å². The van der Waals surface area contributed by atoms with Crippen LogP contribution in [0.1, 0.15) is 12.8 Å². The first-order valence-electron chi connectivity index (χ1n) is 1.78. The van der Waals surface area contributed by atoms with E-state index in [1.54, 1.807) is 0 Å². The fraction of sp³-hybridized carbons (Fsp3) is 0.500. The molecule has 0 aliphatic rings. The van der Waals surface area contributed by atoms with Crippen molar-refractivity contribution >= 4 is 5.97 Å². The van der Waals surface area contributed by atoms with E-state index in [-0.39, 0.29) is 6.42 Å². The quantitative estimate of drug-likeness (QED) is 0.503. The highest BCUT2D eigenvalue weighted by Crippen LogP contribution is 1.81. The monoisotopic (exact) mass is 87.0 g/mol. The average Bonchev–Trinajstić information content (AvgIpc) is 1.35. The first-order valence-corrected chi connectivity index (χ1v) is 1.78. The molecule has 0 fully saturated rings. The van der Waals surface area contributed by atoms with E-state index in [1.165, 1.54) is 0 Å². The largest absolute Gasteiger partial charge is 0.481 e. The molecule has 0 saturated carbocycles. The Labute approximate surface area is 36.8 Å². The summed E-state index contributed by atoms with van der Waals surface area (Å²) in [5.74, 6) is -0.773. The van der Waals surface area contributed by atoms with Crippen molar-refractivity contribution in [3.63, 3.8) is 0 Å². The van der Waals surface area contributed by atoms with Gasteiger partial charge in [0.05, 0.1) is 0 Å². The number of carbonyl (C=O) groups is 1. The van der Waals surface area contributed by atoms with Crippen LogP contribution in [0.4, 0.5) is 0 Å². The maximum Gasteiger partial charge on any atom is 0.300 e. The van der Waals surface area contributed by atoms with Gasteiger partial charge in [0.2, 0.25) is 0 Å². The first kappa shape index (κ1) is 5.47. The van der Waals surface area contributed by atoms with Gasteiger partial charge in [0.15, 0.2) is 0 Å². The molecule has 0 spiro atoms. The summed E-state index contributed by atoms with van der Waals surface area (Å²) in [4.78, 5) is 9.56. The predicted molar refractivity (Wildman–Crippen MR) is 22.2 cm³/mol. The molecule has 0 heterocycles. The highest BCUT2D eigenvalue weighted by atomic mass is 16.4. The normalized spacial score (nSPS) is 8.17. The Hall–Kier alpha value is -0.530. The van der Waals surface area contributed by atoms with Gasteiger partial charge in [0, 0.05) is 6.42 Å². The van der Waals surface area contributed by atoms with E-state index in [0.29, 0.717) is 6.42 Å². The molecule has 0 rings (SSSR count). The lowest BCUT2D eigenvalue weighted by molar-refractivity contribution is -0.136. The van der Waals surface area contributed by atoms with Gasteiger partial charge >= 0.3 is 5.97 Å². The lowest BCUT2D eigenvalue weighted by atomic mass is 10.4. The maximum absolute atomic E-state index is 9.56. The minimum absolute atomic E-state index is 0.181. The SMILES string of the molecule is [CH2-]CCC(=O)O. The summed E-state index contributed by atoms with van der Waals surface area (Å²) in [6.45, 7) is 3.34. The van der Waals surface area contributed by atoms with E-state index < -0.39 is 5.97 Å². The van der Waals surface area contributed by atoms with Gasteiger partial charge in [-0.15, -0.1) is 0 Å². The summed E-state index contributed by atoms with van der Waals surface area (Å²) in [5, 5.41) is 7.87. The van der Waals surface area contributed by atoms with E-state index in [4.69, 9.17) is 5.11 Å². The molecule has 0 aromatic rings. The minimum Gasteiger partial charge on any atom is -0.481 e. The summed E-state index contributed by atoms with van der Waals surface area (Å²) in [6, 6.07) is 0. The van der Waals surface area contributed by atoms with Gasteiger partial charge in [-0.25, -0.2) is 0 Å². The van der Waals surface area contributed by atoms with Gasteiger partial charge in [-0.1, -0.05) is 0 Å². The molecule has 0 unspecified atom stereocenters. The van der Waals surface area contributed by atoms with Gasteiger partial charge in [-0.2, -0.15) is 6.42 Å². The third-order valence-corrected chi connectivity index (χ3v) is 0.391. The number of rotatable bonds is 2. The van der Waals surface area contributed by atoms with Crippen LogP contribution in [0, 0.1) is 6.92 Å². The minimum atomic E-state index is -0.773. The third kappa shape index (κ3) is 3.47. The smallest absolute Gasteiger partial charge is 0.300 e. The molecular weight excluding hydrogens is 80.0 g/mol. The van der Waals surface area contributed by atoms with Crippen molar-refractivity contribution in [2.45, 2.75) is 12.8 Å². The van der Waals surface area contributed by atoms with Crippen molar-refractivity contribution in [1.82, 2.24) is 0 Å². The molecule has 0 aromatic heterocycles. The number of carboxylic acids is 1. The van der Waals surface area contributed by atoms with Gasteiger partial charge < -0.3 is 12.0 Å². The number of hydrogen-bond donors (Lipinski definition) is 1. The van der Waals surface area contributed by atoms with Crippen LogP contribution in [0.15, 0.2) is 0 Å². The summed E-state index contributed by atoms with van der Waals surface area (Å²) < 4.78 is 0. The Bertz CT molecular complexity index is 49.5. The van der Waals surface area contributed by atoms with E-state index in [1.807, 2.05) is 0 Å². The standard InChI is InChI=1S/C4H7O2/c1-2-3-4(5)6/h1-3H2,(H,5,6)/q-1. The average molecular weight is 87.1 g/mol. The number of carboxylic acid groups (broad SMARTS) is 1. The molecular formula is C4H7O2-. The molecule has 0 aliphatic heterocycles. The molecule has 0 aromatic carbocycles. The van der Waals surface area contributed by atoms with Crippen LogP contribution >= 0.6 is 0 Å². The third-order valence-electron chi connectivity index (χ3n) is 0.391. The van der Waals surface area contributed by atoms with Crippen molar-refractivity contribution in [3.05, 3.63) is 6.92 Å². The molecule has 1 N–H and O–H groups in total. The second-order valence-electron chi connectivity index (χ2n) is 0.997. The molecule has 2 nitrogen and oxygen atoms in total. The van der Waals surface area contributed by atoms with Gasteiger partial charge in [-0.3, -0.25) is 4.79 Å². The van der Waals surface area contributed by atoms with Crippen LogP contribution in [-0.2, 0) is 4.79 Å². The van der Waals surface area contributed by atoms with Crippen LogP contribution in [0.3, 0.4) is 0 Å². The van der Waals surface area contributed by atoms with Crippen molar-refractivity contribution in [2.24, 2.45) is 0 Å². The van der Waals surface area contributed by atoms with Gasteiger partial charge in [0.25, 0.3) is 0 Å². The van der Waals surface area contributed by atoms with Gasteiger partial charge in [-0.05, 0) is 0 Å². The van der Waals surface area contributed by atoms with E-state index in [9.17, 15) is 4.79 Å². The molecule has 0 bridgehead atoms. The molecule has 0 amide bonds. The van der Waals surface area contributed by atoms with Crippen LogP contribution in [0.5, 0.6) is 0 Å². The summed E-state index contributed by atoms with van der Waals surface area (Å²) >= 11 is 0.